The van der Waals surface area contributed by atoms with Crippen LogP contribution >= 0.6 is 0 Å². The lowest BCUT2D eigenvalue weighted by Gasteiger charge is -2.18. The van der Waals surface area contributed by atoms with Crippen LogP contribution in [0.15, 0.2) is 30.4 Å². The molecule has 0 aliphatic carbocycles. The van der Waals surface area contributed by atoms with Crippen LogP contribution in [0.1, 0.15) is 17.3 Å². The van der Waals surface area contributed by atoms with Gasteiger partial charge in [-0.05, 0) is 30.7 Å². The van der Waals surface area contributed by atoms with Crippen LogP contribution in [0.3, 0.4) is 0 Å². The summed E-state index contributed by atoms with van der Waals surface area (Å²) < 4.78 is 10.7. The minimum atomic E-state index is -0.0630. The average molecular weight is 204 g/mol. The molecule has 1 heterocycles. The van der Waals surface area contributed by atoms with E-state index in [0.29, 0.717) is 35.8 Å². The highest BCUT2D eigenvalue weighted by Crippen LogP contribution is 2.31. The number of hydrogen-bond acceptors (Lipinski definition) is 3. The maximum Gasteiger partial charge on any atom is 0.188 e. The fourth-order valence-corrected chi connectivity index (χ4v) is 1.43. The van der Waals surface area contributed by atoms with E-state index in [4.69, 9.17) is 9.47 Å². The molecule has 0 fully saturated rings. The van der Waals surface area contributed by atoms with Crippen molar-refractivity contribution in [2.24, 2.45) is 0 Å². The van der Waals surface area contributed by atoms with Gasteiger partial charge in [0.2, 0.25) is 0 Å². The van der Waals surface area contributed by atoms with Crippen molar-refractivity contribution in [1.82, 2.24) is 0 Å². The Labute approximate surface area is 88.3 Å². The van der Waals surface area contributed by atoms with E-state index in [0.717, 1.165) is 0 Å². The molecule has 0 aromatic heterocycles. The predicted octanol–water partition coefficient (Wildman–Crippen LogP) is 2.22. The smallest absolute Gasteiger partial charge is 0.188 e. The van der Waals surface area contributed by atoms with Gasteiger partial charge >= 0.3 is 0 Å². The van der Waals surface area contributed by atoms with Gasteiger partial charge in [0, 0.05) is 5.56 Å². The molecule has 0 N–H and O–H groups in total. The molecule has 0 unspecified atom stereocenters. The number of benzene rings is 1. The van der Waals surface area contributed by atoms with Gasteiger partial charge in [0.15, 0.2) is 17.3 Å². The van der Waals surface area contributed by atoms with E-state index in [9.17, 15) is 4.79 Å². The summed E-state index contributed by atoms with van der Waals surface area (Å²) in [5.74, 6) is 1.26. The van der Waals surface area contributed by atoms with E-state index >= 15 is 0 Å². The molecule has 0 spiro atoms. The summed E-state index contributed by atoms with van der Waals surface area (Å²) in [7, 11) is 0. The molecule has 0 atom stereocenters. The summed E-state index contributed by atoms with van der Waals surface area (Å²) in [5, 5.41) is 0. The van der Waals surface area contributed by atoms with Gasteiger partial charge in [-0.25, -0.2) is 0 Å². The predicted molar refractivity (Wildman–Crippen MR) is 56.6 cm³/mol. The van der Waals surface area contributed by atoms with Crippen molar-refractivity contribution in [2.75, 3.05) is 13.2 Å². The molecule has 78 valence electrons. The molecule has 0 radical (unpaired) electrons. The Morgan fingerprint density at radius 2 is 1.93 bits per heavy atom. The molecule has 3 nitrogen and oxygen atoms in total. The zero-order chi connectivity index (χ0) is 10.8. The minimum Gasteiger partial charge on any atom is -0.486 e. The number of carbonyl (C=O) groups is 1. The third-order valence-electron chi connectivity index (χ3n) is 2.19. The van der Waals surface area contributed by atoms with Gasteiger partial charge < -0.3 is 9.47 Å². The number of ketones is 1. The quantitative estimate of drug-likeness (QED) is 0.547. The van der Waals surface area contributed by atoms with Gasteiger partial charge in [0.25, 0.3) is 0 Å². The normalized spacial score (nSPS) is 13.4. The number of ether oxygens (including phenoxy) is 2. The van der Waals surface area contributed by atoms with Crippen molar-refractivity contribution >= 4 is 5.78 Å². The van der Waals surface area contributed by atoms with E-state index in [-0.39, 0.29) is 5.78 Å². The van der Waals surface area contributed by atoms with Crippen LogP contribution in [-0.4, -0.2) is 19.0 Å². The first-order chi connectivity index (χ1) is 7.18. The van der Waals surface area contributed by atoms with Gasteiger partial charge in [0.1, 0.15) is 13.2 Å². The number of rotatable bonds is 2. The molecule has 3 heteroatoms. The second-order valence-corrected chi connectivity index (χ2v) is 3.47. The van der Waals surface area contributed by atoms with E-state index in [1.54, 1.807) is 25.1 Å². The Bertz CT molecular complexity index is 421. The third kappa shape index (κ3) is 1.86. The van der Waals surface area contributed by atoms with Crippen LogP contribution < -0.4 is 9.47 Å². The van der Waals surface area contributed by atoms with Crippen molar-refractivity contribution in [3.05, 3.63) is 35.9 Å². The molecule has 1 aliphatic rings. The van der Waals surface area contributed by atoms with Gasteiger partial charge in [-0.15, -0.1) is 0 Å². The van der Waals surface area contributed by atoms with Gasteiger partial charge in [-0.3, -0.25) is 4.79 Å². The summed E-state index contributed by atoms with van der Waals surface area (Å²) in [4.78, 5) is 11.6. The van der Waals surface area contributed by atoms with E-state index < -0.39 is 0 Å². The lowest BCUT2D eigenvalue weighted by atomic mass is 10.1. The van der Waals surface area contributed by atoms with E-state index in [2.05, 4.69) is 6.58 Å². The first-order valence-electron chi connectivity index (χ1n) is 4.78. The second kappa shape index (κ2) is 3.77. The monoisotopic (exact) mass is 204 g/mol. The molecule has 0 saturated carbocycles. The molecular weight excluding hydrogens is 192 g/mol. The van der Waals surface area contributed by atoms with Crippen LogP contribution in [-0.2, 0) is 0 Å². The molecule has 1 aliphatic heterocycles. The number of fused-ring (bicyclic) bond motifs is 1. The van der Waals surface area contributed by atoms with Gasteiger partial charge in [0.05, 0.1) is 0 Å². The van der Waals surface area contributed by atoms with E-state index in [1.165, 1.54) is 0 Å². The summed E-state index contributed by atoms with van der Waals surface area (Å²) >= 11 is 0. The van der Waals surface area contributed by atoms with Crippen LogP contribution in [0.5, 0.6) is 11.5 Å². The number of hydrogen-bond donors (Lipinski definition) is 0. The molecule has 0 amide bonds. The van der Waals surface area contributed by atoms with Crippen molar-refractivity contribution in [2.45, 2.75) is 6.92 Å². The topological polar surface area (TPSA) is 35.5 Å². The van der Waals surface area contributed by atoms with Crippen molar-refractivity contribution in [3.8, 4) is 11.5 Å². The molecule has 2 rings (SSSR count). The molecule has 0 saturated heterocycles. The van der Waals surface area contributed by atoms with Gasteiger partial charge in [-0.1, -0.05) is 6.58 Å². The minimum absolute atomic E-state index is 0.0630. The average Bonchev–Trinajstić information content (AvgIpc) is 2.27. The van der Waals surface area contributed by atoms with E-state index in [1.807, 2.05) is 0 Å². The Morgan fingerprint density at radius 3 is 2.60 bits per heavy atom. The number of Topliss-reactive ketones (excluding diaryl/α,β-unsaturated/α-hetero) is 1. The number of allylic oxidation sites excluding steroid dienone is 1. The summed E-state index contributed by atoms with van der Waals surface area (Å²) in [5.41, 5.74) is 1.11. The van der Waals surface area contributed by atoms with Crippen molar-refractivity contribution in [1.29, 1.82) is 0 Å². The first-order valence-corrected chi connectivity index (χ1v) is 4.78. The Balaban J connectivity index is 2.36. The fraction of sp³-hybridized carbons (Fsp3) is 0.250. The maximum atomic E-state index is 11.6. The van der Waals surface area contributed by atoms with Gasteiger partial charge in [-0.2, -0.15) is 0 Å². The second-order valence-electron chi connectivity index (χ2n) is 3.47. The van der Waals surface area contributed by atoms with Crippen molar-refractivity contribution < 1.29 is 14.3 Å². The largest absolute Gasteiger partial charge is 0.486 e. The Morgan fingerprint density at radius 1 is 1.27 bits per heavy atom. The highest BCUT2D eigenvalue weighted by molar-refractivity contribution is 6.08. The molecule has 1 aromatic carbocycles. The first kappa shape index (κ1) is 9.77. The van der Waals surface area contributed by atoms with Crippen LogP contribution in [0.2, 0.25) is 0 Å². The highest BCUT2D eigenvalue weighted by Gasteiger charge is 2.14. The fourth-order valence-electron chi connectivity index (χ4n) is 1.43. The highest BCUT2D eigenvalue weighted by atomic mass is 16.6. The summed E-state index contributed by atoms with van der Waals surface area (Å²) in [6.07, 6.45) is 0. The molecule has 15 heavy (non-hydrogen) atoms. The zero-order valence-corrected chi connectivity index (χ0v) is 8.58. The lowest BCUT2D eigenvalue weighted by molar-refractivity contribution is 0.103. The molecular formula is C12H12O3. The molecule has 0 bridgehead atoms. The summed E-state index contributed by atoms with van der Waals surface area (Å²) in [6, 6.07) is 5.18. The van der Waals surface area contributed by atoms with Crippen LogP contribution in [0.4, 0.5) is 0 Å². The SMILES string of the molecule is C=C(C)C(=O)c1ccc2c(c1)OCCO2. The summed E-state index contributed by atoms with van der Waals surface area (Å²) in [6.45, 7) is 6.40. The Kier molecular flexibility index (Phi) is 2.46. The zero-order valence-electron chi connectivity index (χ0n) is 8.58. The maximum absolute atomic E-state index is 11.6. The van der Waals surface area contributed by atoms with Crippen LogP contribution in [0, 0.1) is 0 Å². The van der Waals surface area contributed by atoms with Crippen molar-refractivity contribution in [3.63, 3.8) is 0 Å². The Hall–Kier alpha value is -1.77. The lowest BCUT2D eigenvalue weighted by Crippen LogP contribution is -2.15. The third-order valence-corrected chi connectivity index (χ3v) is 2.19. The molecule has 1 aromatic rings. The van der Waals surface area contributed by atoms with Crippen LogP contribution in [0.25, 0.3) is 0 Å². The standard InChI is InChI=1S/C12H12O3/c1-8(2)12(13)9-3-4-10-11(7-9)15-6-5-14-10/h3-4,7H,1,5-6H2,2H3. The number of carbonyl (C=O) groups excluding carboxylic acids is 1.